The molecule has 1 aliphatic heterocycles. The highest BCUT2D eigenvalue weighted by atomic mass is 32.2. The largest absolute Gasteiger partial charge is 0.349 e. The molecular formula is C11H21F2N3O3S. The number of carbonyl (C=O) groups excluding carboxylic acids is 1. The van der Waals surface area contributed by atoms with Crippen LogP contribution in [0.15, 0.2) is 0 Å². The molecule has 1 unspecified atom stereocenters. The number of nitrogens with zero attached hydrogens (tertiary/aromatic N) is 1. The van der Waals surface area contributed by atoms with Crippen LogP contribution in [-0.2, 0) is 14.8 Å². The van der Waals surface area contributed by atoms with Gasteiger partial charge in [-0.2, -0.15) is 4.31 Å². The summed E-state index contributed by atoms with van der Waals surface area (Å²) in [5.74, 6) is -3.91. The lowest BCUT2D eigenvalue weighted by molar-refractivity contribution is -0.126. The Balaban J connectivity index is 2.68. The fraction of sp³-hybridized carbons (Fsp3) is 0.909. The standard InChI is InChI=1S/C11H21F2N3O3S/c1-2-6-20(18,19)16-5-3-4-9(16)10(17)15-8-11(12,13)7-14/h9H,2-8,14H2,1H3,(H,15,17). The maximum Gasteiger partial charge on any atom is 0.277 e. The van der Waals surface area contributed by atoms with E-state index in [1.807, 2.05) is 0 Å². The highest BCUT2D eigenvalue weighted by molar-refractivity contribution is 7.89. The van der Waals surface area contributed by atoms with E-state index in [9.17, 15) is 22.0 Å². The molecule has 0 saturated carbocycles. The monoisotopic (exact) mass is 313 g/mol. The molecule has 1 saturated heterocycles. The van der Waals surface area contributed by atoms with Gasteiger partial charge >= 0.3 is 0 Å². The molecule has 0 radical (unpaired) electrons. The Morgan fingerprint density at radius 3 is 2.70 bits per heavy atom. The first kappa shape index (κ1) is 17.3. The predicted octanol–water partition coefficient (Wildman–Crippen LogP) is -0.0992. The average molecular weight is 313 g/mol. The molecule has 0 spiro atoms. The molecule has 118 valence electrons. The number of sulfonamides is 1. The van der Waals surface area contributed by atoms with Crippen molar-refractivity contribution >= 4 is 15.9 Å². The molecule has 9 heteroatoms. The van der Waals surface area contributed by atoms with E-state index in [1.54, 1.807) is 6.92 Å². The smallest absolute Gasteiger partial charge is 0.277 e. The molecule has 20 heavy (non-hydrogen) atoms. The van der Waals surface area contributed by atoms with Gasteiger partial charge in [0.05, 0.1) is 18.8 Å². The zero-order chi connectivity index (χ0) is 15.4. The summed E-state index contributed by atoms with van der Waals surface area (Å²) in [4.78, 5) is 11.9. The Bertz CT molecular complexity index is 442. The minimum Gasteiger partial charge on any atom is -0.349 e. The summed E-state index contributed by atoms with van der Waals surface area (Å²) in [6, 6.07) is -0.889. The van der Waals surface area contributed by atoms with Crippen LogP contribution in [0.4, 0.5) is 8.78 Å². The Kier molecular flexibility index (Phi) is 5.84. The van der Waals surface area contributed by atoms with Crippen molar-refractivity contribution in [1.29, 1.82) is 0 Å². The summed E-state index contributed by atoms with van der Waals surface area (Å²) in [6.07, 6.45) is 1.34. The molecule has 1 amide bonds. The van der Waals surface area contributed by atoms with Crippen LogP contribution in [-0.4, -0.2) is 56.0 Å². The minimum atomic E-state index is -3.50. The van der Waals surface area contributed by atoms with E-state index in [4.69, 9.17) is 5.73 Å². The number of nitrogens with one attached hydrogen (secondary N) is 1. The lowest BCUT2D eigenvalue weighted by atomic mass is 10.2. The summed E-state index contributed by atoms with van der Waals surface area (Å²) in [6.45, 7) is 0.245. The molecule has 3 N–H and O–H groups in total. The Morgan fingerprint density at radius 2 is 2.15 bits per heavy atom. The van der Waals surface area contributed by atoms with Crippen LogP contribution in [0.5, 0.6) is 0 Å². The molecule has 1 fully saturated rings. The van der Waals surface area contributed by atoms with Gasteiger partial charge in [0.25, 0.3) is 5.92 Å². The second-order valence-corrected chi connectivity index (χ2v) is 6.90. The maximum atomic E-state index is 13.0. The van der Waals surface area contributed by atoms with E-state index in [0.717, 1.165) is 4.31 Å². The number of alkyl halides is 2. The second kappa shape index (κ2) is 6.77. The number of halogens is 2. The Hall–Kier alpha value is -0.800. The molecular weight excluding hydrogens is 292 g/mol. The topological polar surface area (TPSA) is 92.5 Å². The van der Waals surface area contributed by atoms with Crippen molar-refractivity contribution in [3.8, 4) is 0 Å². The Labute approximate surface area is 117 Å². The van der Waals surface area contributed by atoms with Gasteiger partial charge in [0, 0.05) is 6.54 Å². The van der Waals surface area contributed by atoms with E-state index in [-0.39, 0.29) is 12.3 Å². The van der Waals surface area contributed by atoms with Gasteiger partial charge in [-0.3, -0.25) is 4.79 Å². The molecule has 1 atom stereocenters. The highest BCUT2D eigenvalue weighted by Gasteiger charge is 2.39. The zero-order valence-electron chi connectivity index (χ0n) is 11.4. The summed E-state index contributed by atoms with van der Waals surface area (Å²) in [5.41, 5.74) is 4.87. The Morgan fingerprint density at radius 1 is 1.50 bits per heavy atom. The first-order chi connectivity index (χ1) is 9.23. The first-order valence-corrected chi connectivity index (χ1v) is 8.19. The molecule has 1 aliphatic rings. The molecule has 1 rings (SSSR count). The first-order valence-electron chi connectivity index (χ1n) is 6.58. The number of amides is 1. The van der Waals surface area contributed by atoms with Crippen molar-refractivity contribution in [1.82, 2.24) is 9.62 Å². The van der Waals surface area contributed by atoms with Crippen LogP contribution in [0.3, 0.4) is 0 Å². The van der Waals surface area contributed by atoms with Crippen molar-refractivity contribution in [2.75, 3.05) is 25.4 Å². The average Bonchev–Trinajstić information content (AvgIpc) is 2.86. The molecule has 6 nitrogen and oxygen atoms in total. The number of nitrogens with two attached hydrogens (primary N) is 1. The fourth-order valence-electron chi connectivity index (χ4n) is 2.12. The van der Waals surface area contributed by atoms with Gasteiger partial charge < -0.3 is 11.1 Å². The number of hydrogen-bond donors (Lipinski definition) is 2. The number of carbonyl (C=O) groups is 1. The van der Waals surface area contributed by atoms with Crippen LogP contribution < -0.4 is 11.1 Å². The number of hydrogen-bond acceptors (Lipinski definition) is 4. The third kappa shape index (κ3) is 4.35. The lowest BCUT2D eigenvalue weighted by Crippen LogP contribution is -2.50. The van der Waals surface area contributed by atoms with Crippen LogP contribution in [0.25, 0.3) is 0 Å². The van der Waals surface area contributed by atoms with Gasteiger partial charge in [-0.1, -0.05) is 6.92 Å². The maximum absolute atomic E-state index is 13.0. The van der Waals surface area contributed by atoms with Gasteiger partial charge in [-0.25, -0.2) is 17.2 Å². The third-order valence-corrected chi connectivity index (χ3v) is 5.22. The lowest BCUT2D eigenvalue weighted by Gasteiger charge is -2.24. The second-order valence-electron chi connectivity index (χ2n) is 4.86. The van der Waals surface area contributed by atoms with E-state index < -0.39 is 41.0 Å². The van der Waals surface area contributed by atoms with E-state index >= 15 is 0 Å². The van der Waals surface area contributed by atoms with E-state index in [1.165, 1.54) is 0 Å². The van der Waals surface area contributed by atoms with Crippen molar-refractivity contribution in [2.45, 2.75) is 38.2 Å². The SMILES string of the molecule is CCCS(=O)(=O)N1CCCC1C(=O)NCC(F)(F)CN. The van der Waals surface area contributed by atoms with Crippen LogP contribution in [0.2, 0.25) is 0 Å². The molecule has 0 aliphatic carbocycles. The van der Waals surface area contributed by atoms with Crippen LogP contribution >= 0.6 is 0 Å². The molecule has 0 aromatic heterocycles. The molecule has 0 bridgehead atoms. The van der Waals surface area contributed by atoms with Crippen molar-refractivity contribution in [2.24, 2.45) is 5.73 Å². The van der Waals surface area contributed by atoms with Gasteiger partial charge in [0.2, 0.25) is 15.9 Å². The molecule has 1 heterocycles. The fourth-order valence-corrected chi connectivity index (χ4v) is 3.86. The highest BCUT2D eigenvalue weighted by Crippen LogP contribution is 2.22. The van der Waals surface area contributed by atoms with Crippen molar-refractivity contribution < 1.29 is 22.0 Å². The van der Waals surface area contributed by atoms with Crippen LogP contribution in [0.1, 0.15) is 26.2 Å². The molecule has 0 aromatic rings. The normalized spacial score (nSPS) is 21.1. The summed E-state index contributed by atoms with van der Waals surface area (Å²) >= 11 is 0. The summed E-state index contributed by atoms with van der Waals surface area (Å²) < 4.78 is 51.0. The van der Waals surface area contributed by atoms with Gasteiger partial charge in [0.1, 0.15) is 6.04 Å². The van der Waals surface area contributed by atoms with E-state index in [2.05, 4.69) is 5.32 Å². The third-order valence-electron chi connectivity index (χ3n) is 3.15. The minimum absolute atomic E-state index is 0.0459. The predicted molar refractivity (Wildman–Crippen MR) is 70.8 cm³/mol. The van der Waals surface area contributed by atoms with Gasteiger partial charge in [-0.15, -0.1) is 0 Å². The van der Waals surface area contributed by atoms with Crippen LogP contribution in [0, 0.1) is 0 Å². The quantitative estimate of drug-likeness (QED) is 0.686. The summed E-state index contributed by atoms with van der Waals surface area (Å²) in [7, 11) is -3.50. The zero-order valence-corrected chi connectivity index (χ0v) is 12.3. The van der Waals surface area contributed by atoms with Crippen molar-refractivity contribution in [3.63, 3.8) is 0 Å². The molecule has 0 aromatic carbocycles. The van der Waals surface area contributed by atoms with Gasteiger partial charge in [0.15, 0.2) is 0 Å². The van der Waals surface area contributed by atoms with Gasteiger partial charge in [-0.05, 0) is 19.3 Å². The van der Waals surface area contributed by atoms with E-state index in [0.29, 0.717) is 19.3 Å². The van der Waals surface area contributed by atoms with Crippen molar-refractivity contribution in [3.05, 3.63) is 0 Å². The summed E-state index contributed by atoms with van der Waals surface area (Å²) in [5, 5.41) is 2.08. The number of rotatable bonds is 7.